The quantitative estimate of drug-likeness (QED) is 0.788. The molecule has 1 aromatic heterocycles. The van der Waals surface area contributed by atoms with Crippen LogP contribution in [-0.2, 0) is 4.74 Å². The number of allylic oxidation sites excluding steroid dienone is 1. The summed E-state index contributed by atoms with van der Waals surface area (Å²) in [6.07, 6.45) is 1.61. The second kappa shape index (κ2) is 7.26. The Morgan fingerprint density at radius 3 is 2.50 bits per heavy atom. The lowest BCUT2D eigenvalue weighted by molar-refractivity contribution is 0.0524. The predicted molar refractivity (Wildman–Crippen MR) is 100 cm³/mol. The number of rotatable bonds is 5. The molecule has 0 spiro atoms. The predicted octanol–water partition coefficient (Wildman–Crippen LogP) is 4.14. The van der Waals surface area contributed by atoms with Gasteiger partial charge >= 0.3 is 5.97 Å². The first-order valence-electron chi connectivity index (χ1n) is 8.17. The third-order valence-electron chi connectivity index (χ3n) is 3.83. The third kappa shape index (κ3) is 3.37. The number of hydrogen-bond donors (Lipinski definition) is 2. The summed E-state index contributed by atoms with van der Waals surface area (Å²) in [5, 5.41) is 21.5. The molecule has 1 aliphatic rings. The van der Waals surface area contributed by atoms with E-state index < -0.39 is 5.97 Å². The van der Waals surface area contributed by atoms with Crippen molar-refractivity contribution in [3.63, 3.8) is 0 Å². The Kier molecular flexibility index (Phi) is 4.88. The first-order chi connectivity index (χ1) is 12.5. The molecule has 7 heteroatoms. The Labute approximate surface area is 150 Å². The first-order valence-corrected chi connectivity index (χ1v) is 8.17. The first kappa shape index (κ1) is 17.5. The van der Waals surface area contributed by atoms with Crippen molar-refractivity contribution in [3.05, 3.63) is 47.2 Å². The highest BCUT2D eigenvalue weighted by molar-refractivity contribution is 6.28. The number of hydrogen-bond acceptors (Lipinski definition) is 7. The highest BCUT2D eigenvalue weighted by Crippen LogP contribution is 2.37. The Morgan fingerprint density at radius 1 is 1.23 bits per heavy atom. The van der Waals surface area contributed by atoms with Crippen molar-refractivity contribution in [2.75, 3.05) is 11.9 Å². The van der Waals surface area contributed by atoms with E-state index in [9.17, 15) is 9.90 Å². The lowest BCUT2D eigenvalue weighted by atomic mass is 10.1. The second-order valence-electron chi connectivity index (χ2n) is 5.66. The molecule has 3 rings (SSSR count). The second-order valence-corrected chi connectivity index (χ2v) is 5.66. The van der Waals surface area contributed by atoms with Crippen LogP contribution in [0.1, 0.15) is 36.9 Å². The van der Waals surface area contributed by atoms with Crippen LogP contribution in [0.4, 0.5) is 11.6 Å². The van der Waals surface area contributed by atoms with E-state index in [1.807, 2.05) is 30.3 Å². The fourth-order valence-corrected chi connectivity index (χ4v) is 2.53. The number of nitrogens with zero attached hydrogens (tertiary/aromatic N) is 2. The standard InChI is InChI=1S/C19H19N3O4/c1-4-25-19(24)16-17(23)15(10-14-11(2)21-22-12(14)3)26-18(16)20-13-8-6-5-7-9-13/h5-10,20,23H,4H2,1-3H3. The van der Waals surface area contributed by atoms with E-state index in [0.29, 0.717) is 17.1 Å². The Bertz CT molecular complexity index is 904. The van der Waals surface area contributed by atoms with Gasteiger partial charge in [0.15, 0.2) is 17.1 Å². The van der Waals surface area contributed by atoms with Crippen LogP contribution in [0.2, 0.25) is 0 Å². The molecule has 0 aliphatic carbocycles. The number of esters is 1. The number of anilines is 2. The minimum atomic E-state index is -0.668. The van der Waals surface area contributed by atoms with Crippen LogP contribution >= 0.6 is 0 Å². The summed E-state index contributed by atoms with van der Waals surface area (Å²) in [6.45, 7) is 5.49. The molecule has 7 nitrogen and oxygen atoms in total. The van der Waals surface area contributed by atoms with Gasteiger partial charge in [-0.15, -0.1) is 0 Å². The Balaban J connectivity index is 2.05. The molecule has 0 radical (unpaired) electrons. The number of ether oxygens (including phenoxy) is 1. The molecule has 1 aromatic carbocycles. The van der Waals surface area contributed by atoms with Crippen LogP contribution in [0.25, 0.3) is 6.08 Å². The van der Waals surface area contributed by atoms with E-state index in [1.54, 1.807) is 26.8 Å². The van der Waals surface area contributed by atoms with Crippen molar-refractivity contribution in [1.82, 2.24) is 0 Å². The molecular weight excluding hydrogens is 334 g/mol. The largest absolute Gasteiger partial charge is 0.504 e. The summed E-state index contributed by atoms with van der Waals surface area (Å²) in [5.74, 6) is -0.713. The van der Waals surface area contributed by atoms with Crippen LogP contribution in [0.3, 0.4) is 0 Å². The molecule has 26 heavy (non-hydrogen) atoms. The van der Waals surface area contributed by atoms with Crippen LogP contribution in [0.15, 0.2) is 50.5 Å². The van der Waals surface area contributed by atoms with Gasteiger partial charge in [-0.1, -0.05) is 18.2 Å². The number of furan rings is 1. The Hall–Kier alpha value is -3.35. The maximum Gasteiger partial charge on any atom is 0.347 e. The lowest BCUT2D eigenvalue weighted by Gasteiger charge is -2.05. The number of carbonyl (C=O) groups is 1. The van der Waals surface area contributed by atoms with Crippen molar-refractivity contribution < 1.29 is 19.1 Å². The van der Waals surface area contributed by atoms with E-state index in [2.05, 4.69) is 15.5 Å². The average Bonchev–Trinajstić information content (AvgIpc) is 3.10. The van der Waals surface area contributed by atoms with Crippen LogP contribution in [-0.4, -0.2) is 29.1 Å². The van der Waals surface area contributed by atoms with E-state index in [1.165, 1.54) is 0 Å². The van der Waals surface area contributed by atoms with Crippen molar-refractivity contribution in [2.24, 2.45) is 10.2 Å². The molecule has 0 saturated carbocycles. The average molecular weight is 353 g/mol. The Morgan fingerprint density at radius 2 is 1.88 bits per heavy atom. The number of nitrogens with one attached hydrogen (secondary N) is 1. The summed E-state index contributed by atoms with van der Waals surface area (Å²) in [6, 6.07) is 9.19. The zero-order valence-corrected chi connectivity index (χ0v) is 14.7. The molecule has 0 saturated heterocycles. The van der Waals surface area contributed by atoms with E-state index in [0.717, 1.165) is 5.57 Å². The minimum absolute atomic E-state index is 0.0512. The fraction of sp³-hybridized carbons (Fsp3) is 0.211. The van der Waals surface area contributed by atoms with E-state index in [-0.39, 0.29) is 29.6 Å². The van der Waals surface area contributed by atoms with Crippen molar-refractivity contribution in [2.45, 2.75) is 20.8 Å². The topological polar surface area (TPSA) is 96.4 Å². The number of benzene rings is 1. The summed E-state index contributed by atoms with van der Waals surface area (Å²) < 4.78 is 10.8. The van der Waals surface area contributed by atoms with Crippen LogP contribution in [0, 0.1) is 0 Å². The summed E-state index contributed by atoms with van der Waals surface area (Å²) >= 11 is 0. The highest BCUT2D eigenvalue weighted by Gasteiger charge is 2.27. The summed E-state index contributed by atoms with van der Waals surface area (Å²) in [7, 11) is 0. The molecule has 134 valence electrons. The van der Waals surface area contributed by atoms with Gasteiger partial charge in [0.05, 0.1) is 18.0 Å². The monoisotopic (exact) mass is 353 g/mol. The van der Waals surface area contributed by atoms with E-state index >= 15 is 0 Å². The maximum absolute atomic E-state index is 12.3. The van der Waals surface area contributed by atoms with Gasteiger partial charge in [0.1, 0.15) is 0 Å². The molecule has 2 N–H and O–H groups in total. The molecule has 1 aliphatic heterocycles. The summed E-state index contributed by atoms with van der Waals surface area (Å²) in [5.41, 5.74) is 2.80. The molecule has 2 heterocycles. The fourth-order valence-electron chi connectivity index (χ4n) is 2.53. The lowest BCUT2D eigenvalue weighted by Crippen LogP contribution is -2.06. The molecule has 0 bridgehead atoms. The smallest absolute Gasteiger partial charge is 0.347 e. The van der Waals surface area contributed by atoms with Crippen molar-refractivity contribution in [1.29, 1.82) is 0 Å². The van der Waals surface area contributed by atoms with E-state index in [4.69, 9.17) is 9.15 Å². The van der Waals surface area contributed by atoms with Gasteiger partial charge in [-0.25, -0.2) is 4.79 Å². The van der Waals surface area contributed by atoms with Gasteiger partial charge in [-0.3, -0.25) is 0 Å². The molecular formula is C19H19N3O4. The molecule has 0 fully saturated rings. The molecule has 0 amide bonds. The van der Waals surface area contributed by atoms with Gasteiger partial charge < -0.3 is 19.6 Å². The number of carbonyl (C=O) groups excluding carboxylic acids is 1. The molecule has 0 unspecified atom stereocenters. The van der Waals surface area contributed by atoms with Gasteiger partial charge in [0.25, 0.3) is 0 Å². The van der Waals surface area contributed by atoms with Gasteiger partial charge in [-0.05, 0) is 39.0 Å². The number of aromatic hydroxyl groups is 1. The number of para-hydroxylation sites is 1. The third-order valence-corrected chi connectivity index (χ3v) is 3.83. The minimum Gasteiger partial charge on any atom is -0.504 e. The zero-order chi connectivity index (χ0) is 18.7. The van der Waals surface area contributed by atoms with Crippen molar-refractivity contribution in [3.8, 4) is 5.75 Å². The normalized spacial score (nSPS) is 13.3. The van der Waals surface area contributed by atoms with Gasteiger partial charge in [-0.2, -0.15) is 10.2 Å². The van der Waals surface area contributed by atoms with Gasteiger partial charge in [0, 0.05) is 11.3 Å². The molecule has 2 aromatic rings. The van der Waals surface area contributed by atoms with Crippen molar-refractivity contribution >= 4 is 35.0 Å². The maximum atomic E-state index is 12.3. The van der Waals surface area contributed by atoms with Gasteiger partial charge in [0.2, 0.25) is 5.88 Å². The van der Waals surface area contributed by atoms with Crippen LogP contribution < -0.4 is 5.32 Å². The molecule has 0 atom stereocenters. The zero-order valence-electron chi connectivity index (χ0n) is 14.7. The highest BCUT2D eigenvalue weighted by atomic mass is 16.5. The SMILES string of the molecule is CCOC(=O)c1c(Nc2ccccc2)oc(C=C2C(C)=NN=C2C)c1O. The van der Waals surface area contributed by atoms with Crippen LogP contribution in [0.5, 0.6) is 5.75 Å². The summed E-state index contributed by atoms with van der Waals surface area (Å²) in [4.78, 5) is 12.3.